The zero-order valence-electron chi connectivity index (χ0n) is 18.1. The SMILES string of the molecule is O=C(CN1C(=O)NC2(CC3CC2C2CCCC32)C1=O)N1CCc2[nH]c3ccccc3c2C1. The van der Waals surface area contributed by atoms with Crippen LogP contribution in [0.4, 0.5) is 4.79 Å². The third-order valence-corrected chi connectivity index (χ3v) is 9.25. The predicted octanol–water partition coefficient (Wildman–Crippen LogP) is 2.80. The van der Waals surface area contributed by atoms with E-state index >= 15 is 0 Å². The van der Waals surface area contributed by atoms with Crippen LogP contribution < -0.4 is 5.32 Å². The maximum atomic E-state index is 13.5. The Morgan fingerprint density at radius 2 is 2.00 bits per heavy atom. The number of hydrogen-bond donors (Lipinski definition) is 2. The van der Waals surface area contributed by atoms with Crippen molar-refractivity contribution in [3.05, 3.63) is 35.5 Å². The molecule has 3 aliphatic carbocycles. The van der Waals surface area contributed by atoms with Gasteiger partial charge >= 0.3 is 6.03 Å². The molecule has 7 nitrogen and oxygen atoms in total. The number of aromatic amines is 1. The standard InChI is InChI=1S/C25H28N4O3/c30-22(28-9-8-21-18(12-28)17-4-1-2-7-20(17)26-21)13-29-23(31)25(27-24(29)32)11-14-10-19(25)16-6-3-5-15(14)16/h1-2,4,7,14-16,19,26H,3,5-6,8-13H2,(H,27,32). The molecule has 2 bridgehead atoms. The summed E-state index contributed by atoms with van der Waals surface area (Å²) < 4.78 is 0. The monoisotopic (exact) mass is 432 g/mol. The summed E-state index contributed by atoms with van der Waals surface area (Å²) in [4.78, 5) is 46.1. The van der Waals surface area contributed by atoms with Crippen molar-refractivity contribution in [1.82, 2.24) is 20.1 Å². The Bertz CT molecular complexity index is 1170. The van der Waals surface area contributed by atoms with Crippen LogP contribution in [0.5, 0.6) is 0 Å². The second kappa shape index (κ2) is 6.36. The maximum absolute atomic E-state index is 13.5. The van der Waals surface area contributed by atoms with Gasteiger partial charge < -0.3 is 15.2 Å². The van der Waals surface area contributed by atoms with Crippen LogP contribution in [0.15, 0.2) is 24.3 Å². The molecular formula is C25H28N4O3. The summed E-state index contributed by atoms with van der Waals surface area (Å²) in [5, 5.41) is 4.22. The smallest absolute Gasteiger partial charge is 0.325 e. The first-order valence-corrected chi connectivity index (χ1v) is 12.1. The Kier molecular flexibility index (Phi) is 3.72. The number of amides is 4. The minimum absolute atomic E-state index is 0.150. The van der Waals surface area contributed by atoms with Gasteiger partial charge in [-0.05, 0) is 55.4 Å². The van der Waals surface area contributed by atoms with Gasteiger partial charge in [-0.3, -0.25) is 14.5 Å². The molecule has 2 aliphatic heterocycles. The lowest BCUT2D eigenvalue weighted by atomic mass is 9.71. The molecule has 0 radical (unpaired) electrons. The Balaban J connectivity index is 1.10. The normalized spacial score (nSPS) is 35.1. The average Bonchev–Trinajstić information content (AvgIpc) is 3.58. The second-order valence-corrected chi connectivity index (χ2v) is 10.6. The molecule has 4 amide bonds. The van der Waals surface area contributed by atoms with Crippen molar-refractivity contribution in [3.8, 4) is 0 Å². The topological polar surface area (TPSA) is 85.5 Å². The van der Waals surface area contributed by atoms with E-state index in [4.69, 9.17) is 0 Å². The first kappa shape index (κ1) is 18.7. The molecular weight excluding hydrogens is 404 g/mol. The zero-order chi connectivity index (χ0) is 21.6. The van der Waals surface area contributed by atoms with Crippen molar-refractivity contribution >= 4 is 28.7 Å². The highest BCUT2D eigenvalue weighted by atomic mass is 16.2. The average molecular weight is 433 g/mol. The minimum Gasteiger partial charge on any atom is -0.358 e. The molecule has 5 atom stereocenters. The van der Waals surface area contributed by atoms with Crippen molar-refractivity contribution in [2.24, 2.45) is 23.7 Å². The number of rotatable bonds is 2. The van der Waals surface area contributed by atoms with Gasteiger partial charge in [0.1, 0.15) is 12.1 Å². The summed E-state index contributed by atoms with van der Waals surface area (Å²) in [7, 11) is 0. The highest BCUT2D eigenvalue weighted by molar-refractivity contribution is 6.09. The van der Waals surface area contributed by atoms with Crippen LogP contribution in [0.2, 0.25) is 0 Å². The summed E-state index contributed by atoms with van der Waals surface area (Å²) in [5.74, 6) is 1.80. The Hall–Kier alpha value is -2.83. The molecule has 4 fully saturated rings. The summed E-state index contributed by atoms with van der Waals surface area (Å²) in [6.07, 6.45) is 6.27. The largest absolute Gasteiger partial charge is 0.358 e. The lowest BCUT2D eigenvalue weighted by molar-refractivity contribution is -0.141. The summed E-state index contributed by atoms with van der Waals surface area (Å²) in [6, 6.07) is 7.76. The fraction of sp³-hybridized carbons (Fsp3) is 0.560. The molecule has 3 heterocycles. The molecule has 5 unspecified atom stereocenters. The van der Waals surface area contributed by atoms with E-state index in [1.807, 2.05) is 12.1 Å². The number of hydrogen-bond acceptors (Lipinski definition) is 3. The van der Waals surface area contributed by atoms with Gasteiger partial charge in [-0.2, -0.15) is 0 Å². The van der Waals surface area contributed by atoms with Gasteiger partial charge in [0.25, 0.3) is 5.91 Å². The van der Waals surface area contributed by atoms with Crippen LogP contribution in [-0.4, -0.2) is 51.3 Å². The predicted molar refractivity (Wildman–Crippen MR) is 117 cm³/mol. The van der Waals surface area contributed by atoms with Gasteiger partial charge in [-0.1, -0.05) is 24.6 Å². The molecule has 3 saturated carbocycles. The fourth-order valence-electron chi connectivity index (χ4n) is 7.94. The second-order valence-electron chi connectivity index (χ2n) is 10.6. The van der Waals surface area contributed by atoms with Crippen molar-refractivity contribution in [2.75, 3.05) is 13.1 Å². The lowest BCUT2D eigenvalue weighted by Crippen LogP contribution is -2.55. The number of benzene rings is 1. The number of fused-ring (bicyclic) bond motifs is 9. The number of carbonyl (C=O) groups is 3. The molecule has 7 heteroatoms. The van der Waals surface area contributed by atoms with Gasteiger partial charge in [0.05, 0.1) is 0 Å². The number of carbonyl (C=O) groups excluding carboxylic acids is 3. The van der Waals surface area contributed by atoms with Crippen molar-refractivity contribution in [3.63, 3.8) is 0 Å². The van der Waals surface area contributed by atoms with Crippen LogP contribution in [0.25, 0.3) is 10.9 Å². The number of aromatic nitrogens is 1. The summed E-state index contributed by atoms with van der Waals surface area (Å²) >= 11 is 0. The van der Waals surface area contributed by atoms with Crippen molar-refractivity contribution in [2.45, 2.75) is 50.6 Å². The third-order valence-electron chi connectivity index (χ3n) is 9.25. The molecule has 1 saturated heterocycles. The molecule has 7 rings (SSSR count). The summed E-state index contributed by atoms with van der Waals surface area (Å²) in [6.45, 7) is 0.957. The Labute approximate surface area is 186 Å². The van der Waals surface area contributed by atoms with Gasteiger partial charge in [-0.25, -0.2) is 4.79 Å². The van der Waals surface area contributed by atoms with Crippen LogP contribution in [0, 0.1) is 23.7 Å². The van der Waals surface area contributed by atoms with E-state index in [1.54, 1.807) is 4.90 Å². The molecule has 32 heavy (non-hydrogen) atoms. The van der Waals surface area contributed by atoms with Gasteiger partial charge in [0, 0.05) is 41.7 Å². The van der Waals surface area contributed by atoms with Crippen molar-refractivity contribution in [1.29, 1.82) is 0 Å². The number of urea groups is 1. The van der Waals surface area contributed by atoms with E-state index in [-0.39, 0.29) is 30.3 Å². The first-order chi connectivity index (χ1) is 15.5. The molecule has 1 aromatic heterocycles. The first-order valence-electron chi connectivity index (χ1n) is 12.1. The maximum Gasteiger partial charge on any atom is 0.325 e. The Morgan fingerprint density at radius 3 is 2.91 bits per heavy atom. The number of nitrogens with zero attached hydrogens (tertiary/aromatic N) is 2. The van der Waals surface area contributed by atoms with Gasteiger partial charge in [0.2, 0.25) is 5.91 Å². The van der Waals surface area contributed by atoms with Crippen LogP contribution >= 0.6 is 0 Å². The number of H-pyrrole nitrogens is 1. The zero-order valence-corrected chi connectivity index (χ0v) is 18.1. The quantitative estimate of drug-likeness (QED) is 0.716. The molecule has 166 valence electrons. The lowest BCUT2D eigenvalue weighted by Gasteiger charge is -2.38. The van der Waals surface area contributed by atoms with E-state index in [0.29, 0.717) is 24.9 Å². The number of nitrogens with one attached hydrogen (secondary N) is 2. The fourth-order valence-corrected chi connectivity index (χ4v) is 7.94. The minimum atomic E-state index is -0.751. The highest BCUT2D eigenvalue weighted by Gasteiger charge is 2.68. The van der Waals surface area contributed by atoms with Gasteiger partial charge in [-0.15, -0.1) is 0 Å². The molecule has 2 aromatic rings. The van der Waals surface area contributed by atoms with Crippen LogP contribution in [-0.2, 0) is 22.6 Å². The van der Waals surface area contributed by atoms with E-state index in [2.05, 4.69) is 22.4 Å². The molecule has 1 spiro atoms. The number of imide groups is 1. The van der Waals surface area contributed by atoms with E-state index < -0.39 is 5.54 Å². The molecule has 1 aromatic carbocycles. The Morgan fingerprint density at radius 1 is 1.16 bits per heavy atom. The molecule has 5 aliphatic rings. The highest BCUT2D eigenvalue weighted by Crippen LogP contribution is 2.63. The van der Waals surface area contributed by atoms with E-state index in [9.17, 15) is 14.4 Å². The molecule has 2 N–H and O–H groups in total. The van der Waals surface area contributed by atoms with Crippen LogP contribution in [0.3, 0.4) is 0 Å². The number of para-hydroxylation sites is 1. The van der Waals surface area contributed by atoms with E-state index in [0.717, 1.165) is 41.6 Å². The van der Waals surface area contributed by atoms with E-state index in [1.165, 1.54) is 29.9 Å². The van der Waals surface area contributed by atoms with Crippen LogP contribution in [0.1, 0.15) is 43.4 Å². The third kappa shape index (κ3) is 2.34. The van der Waals surface area contributed by atoms with Gasteiger partial charge in [0.15, 0.2) is 0 Å². The van der Waals surface area contributed by atoms with Crippen molar-refractivity contribution < 1.29 is 14.4 Å². The summed E-state index contributed by atoms with van der Waals surface area (Å²) in [5.41, 5.74) is 2.66.